The fourth-order valence-electron chi connectivity index (χ4n) is 4.13. The molecular formula is C24H30N4O3. The van der Waals surface area contributed by atoms with E-state index in [1.807, 2.05) is 43.4 Å². The molecule has 31 heavy (non-hydrogen) atoms. The van der Waals surface area contributed by atoms with Gasteiger partial charge in [0, 0.05) is 63.6 Å². The first-order chi connectivity index (χ1) is 14.8. The fourth-order valence-corrected chi connectivity index (χ4v) is 4.13. The molecule has 0 radical (unpaired) electrons. The molecule has 1 unspecified atom stereocenters. The molecule has 1 aromatic carbocycles. The Morgan fingerprint density at radius 3 is 2.32 bits per heavy atom. The number of aromatic nitrogens is 2. The van der Waals surface area contributed by atoms with E-state index >= 15 is 0 Å². The predicted octanol–water partition coefficient (Wildman–Crippen LogP) is 3.28. The lowest BCUT2D eigenvalue weighted by atomic mass is 9.97. The monoisotopic (exact) mass is 422 g/mol. The number of aryl methyl sites for hydroxylation is 1. The number of hydrogen-bond acceptors (Lipinski definition) is 6. The Balaban J connectivity index is 1.92. The van der Waals surface area contributed by atoms with Crippen LogP contribution in [0.25, 0.3) is 21.9 Å². The van der Waals surface area contributed by atoms with Crippen molar-refractivity contribution in [2.24, 2.45) is 7.05 Å². The van der Waals surface area contributed by atoms with E-state index in [9.17, 15) is 4.79 Å². The summed E-state index contributed by atoms with van der Waals surface area (Å²) in [6, 6.07) is 6.61. The molecule has 0 aliphatic carbocycles. The second-order valence-corrected chi connectivity index (χ2v) is 8.41. The van der Waals surface area contributed by atoms with Crippen LogP contribution in [0.4, 0.5) is 5.82 Å². The van der Waals surface area contributed by atoms with Crippen LogP contribution >= 0.6 is 0 Å². The molecule has 1 saturated heterocycles. The molecule has 0 N–H and O–H groups in total. The maximum Gasteiger partial charge on any atom is 0.259 e. The van der Waals surface area contributed by atoms with Gasteiger partial charge in [-0.25, -0.2) is 4.98 Å². The third-order valence-corrected chi connectivity index (χ3v) is 6.25. The molecule has 3 aromatic rings. The van der Waals surface area contributed by atoms with Gasteiger partial charge < -0.3 is 18.9 Å². The van der Waals surface area contributed by atoms with Gasteiger partial charge in [0.25, 0.3) is 5.56 Å². The molecule has 1 fully saturated rings. The van der Waals surface area contributed by atoms with E-state index in [4.69, 9.17) is 9.47 Å². The van der Waals surface area contributed by atoms with Crippen molar-refractivity contribution in [3.8, 4) is 22.6 Å². The Hall–Kier alpha value is -3.06. The van der Waals surface area contributed by atoms with Crippen molar-refractivity contribution >= 4 is 16.6 Å². The summed E-state index contributed by atoms with van der Waals surface area (Å²) in [7, 11) is 9.02. The number of rotatable bonds is 6. The number of nitrogens with zero attached hydrogens (tertiary/aromatic N) is 4. The molecule has 1 aliphatic rings. The van der Waals surface area contributed by atoms with Gasteiger partial charge in [0.2, 0.25) is 0 Å². The van der Waals surface area contributed by atoms with E-state index in [1.54, 1.807) is 32.0 Å². The molecule has 7 nitrogen and oxygen atoms in total. The van der Waals surface area contributed by atoms with Gasteiger partial charge in [-0.05, 0) is 37.1 Å². The highest BCUT2D eigenvalue weighted by Crippen LogP contribution is 2.39. The molecule has 0 amide bonds. The van der Waals surface area contributed by atoms with Crippen molar-refractivity contribution in [1.29, 1.82) is 0 Å². The quantitative estimate of drug-likeness (QED) is 0.608. The lowest BCUT2D eigenvalue weighted by Gasteiger charge is -2.39. The summed E-state index contributed by atoms with van der Waals surface area (Å²) in [6.07, 6.45) is 4.75. The third-order valence-electron chi connectivity index (χ3n) is 6.25. The molecule has 7 heteroatoms. The van der Waals surface area contributed by atoms with Gasteiger partial charge in [-0.15, -0.1) is 0 Å². The lowest BCUT2D eigenvalue weighted by Crippen LogP contribution is -2.44. The Morgan fingerprint density at radius 2 is 1.81 bits per heavy atom. The third kappa shape index (κ3) is 3.74. The number of fused-ring (bicyclic) bond motifs is 1. The summed E-state index contributed by atoms with van der Waals surface area (Å²) >= 11 is 0. The van der Waals surface area contributed by atoms with Crippen LogP contribution in [0, 0.1) is 0 Å². The van der Waals surface area contributed by atoms with Crippen molar-refractivity contribution in [3.63, 3.8) is 0 Å². The molecule has 0 bridgehead atoms. The summed E-state index contributed by atoms with van der Waals surface area (Å²) in [5.41, 5.74) is 2.85. The van der Waals surface area contributed by atoms with Gasteiger partial charge in [-0.1, -0.05) is 0 Å². The first kappa shape index (κ1) is 21.2. The minimum Gasteiger partial charge on any atom is -0.496 e. The Bertz CT molecular complexity index is 1160. The van der Waals surface area contributed by atoms with Crippen molar-refractivity contribution in [1.82, 2.24) is 14.5 Å². The van der Waals surface area contributed by atoms with Gasteiger partial charge in [-0.3, -0.25) is 9.69 Å². The molecule has 1 aliphatic heterocycles. The van der Waals surface area contributed by atoms with E-state index in [1.165, 1.54) is 6.42 Å². The highest BCUT2D eigenvalue weighted by Gasteiger charge is 2.26. The fraction of sp³-hybridized carbons (Fsp3) is 0.417. The van der Waals surface area contributed by atoms with E-state index in [0.717, 1.165) is 52.5 Å². The Labute approximate surface area is 182 Å². The molecule has 0 spiro atoms. The van der Waals surface area contributed by atoms with Gasteiger partial charge in [0.1, 0.15) is 17.3 Å². The Kier molecular flexibility index (Phi) is 5.62. The van der Waals surface area contributed by atoms with Crippen LogP contribution in [0.3, 0.4) is 0 Å². The SMILES string of the molecule is COc1cc(-c2cn(C)c(=O)c3cnc(N(C)C)cc23)cc(OC)c1CN1CCC1C. The largest absolute Gasteiger partial charge is 0.496 e. The molecule has 3 heterocycles. The van der Waals surface area contributed by atoms with Crippen LogP contribution in [0.5, 0.6) is 11.5 Å². The number of anilines is 1. The molecular weight excluding hydrogens is 392 g/mol. The number of benzene rings is 1. The van der Waals surface area contributed by atoms with Crippen LogP contribution < -0.4 is 19.9 Å². The molecule has 4 rings (SSSR count). The highest BCUT2D eigenvalue weighted by molar-refractivity contribution is 5.97. The van der Waals surface area contributed by atoms with E-state index in [2.05, 4.69) is 16.8 Å². The highest BCUT2D eigenvalue weighted by atomic mass is 16.5. The van der Waals surface area contributed by atoms with Gasteiger partial charge in [0.15, 0.2) is 0 Å². The first-order valence-corrected chi connectivity index (χ1v) is 10.5. The van der Waals surface area contributed by atoms with Crippen LogP contribution in [0.15, 0.2) is 35.4 Å². The topological polar surface area (TPSA) is 59.8 Å². The summed E-state index contributed by atoms with van der Waals surface area (Å²) in [5, 5.41) is 1.44. The summed E-state index contributed by atoms with van der Waals surface area (Å²) in [4.78, 5) is 21.5. The van der Waals surface area contributed by atoms with Crippen LogP contribution in [0.1, 0.15) is 18.9 Å². The van der Waals surface area contributed by atoms with Crippen molar-refractivity contribution < 1.29 is 9.47 Å². The van der Waals surface area contributed by atoms with Crippen molar-refractivity contribution in [2.75, 3.05) is 39.8 Å². The standard InChI is InChI=1S/C24H30N4O3/c1-15-7-8-28(15)14-20-21(30-5)9-16(10-22(20)31-6)19-13-27(4)24(29)18-12-25-23(26(2)3)11-17(18)19/h9-13,15H,7-8,14H2,1-6H3. The summed E-state index contributed by atoms with van der Waals surface area (Å²) < 4.78 is 13.2. The maximum atomic E-state index is 12.7. The van der Waals surface area contributed by atoms with Crippen LogP contribution in [0.2, 0.25) is 0 Å². The first-order valence-electron chi connectivity index (χ1n) is 10.5. The van der Waals surface area contributed by atoms with E-state index in [-0.39, 0.29) is 5.56 Å². The van der Waals surface area contributed by atoms with Crippen molar-refractivity contribution in [2.45, 2.75) is 25.9 Å². The van der Waals surface area contributed by atoms with Gasteiger partial charge in [0.05, 0.1) is 25.2 Å². The predicted molar refractivity (Wildman–Crippen MR) is 124 cm³/mol. The second-order valence-electron chi connectivity index (χ2n) is 8.41. The lowest BCUT2D eigenvalue weighted by molar-refractivity contribution is 0.0937. The molecule has 1 atom stereocenters. The van der Waals surface area contributed by atoms with Crippen molar-refractivity contribution in [3.05, 3.63) is 46.5 Å². The number of likely N-dealkylation sites (tertiary alicyclic amines) is 1. The number of pyridine rings is 2. The minimum atomic E-state index is -0.0705. The number of methoxy groups -OCH3 is 2. The van der Waals surface area contributed by atoms with Crippen LogP contribution in [-0.2, 0) is 13.6 Å². The normalized spacial score (nSPS) is 16.3. The zero-order chi connectivity index (χ0) is 22.3. The van der Waals surface area contributed by atoms with E-state index < -0.39 is 0 Å². The summed E-state index contributed by atoms with van der Waals surface area (Å²) in [5.74, 6) is 2.37. The smallest absolute Gasteiger partial charge is 0.259 e. The molecule has 0 saturated carbocycles. The second kappa shape index (κ2) is 8.23. The number of hydrogen-bond donors (Lipinski definition) is 0. The Morgan fingerprint density at radius 1 is 1.13 bits per heavy atom. The summed E-state index contributed by atoms with van der Waals surface area (Å²) in [6.45, 7) is 4.11. The zero-order valence-electron chi connectivity index (χ0n) is 19.1. The van der Waals surface area contributed by atoms with E-state index in [0.29, 0.717) is 11.4 Å². The number of ether oxygens (including phenoxy) is 2. The van der Waals surface area contributed by atoms with Gasteiger partial charge >= 0.3 is 0 Å². The maximum absolute atomic E-state index is 12.7. The molecule has 164 valence electrons. The van der Waals surface area contributed by atoms with Crippen LogP contribution in [-0.4, -0.2) is 55.4 Å². The van der Waals surface area contributed by atoms with Gasteiger partial charge in [-0.2, -0.15) is 0 Å². The average Bonchev–Trinajstić information content (AvgIpc) is 2.77. The average molecular weight is 423 g/mol. The molecule has 2 aromatic heterocycles. The minimum absolute atomic E-state index is 0.0705. The zero-order valence-corrected chi connectivity index (χ0v) is 19.1.